The number of fused-ring (bicyclic) bond motifs is 1. The molecule has 1 fully saturated rings. The summed E-state index contributed by atoms with van der Waals surface area (Å²) in [7, 11) is -4.00. The number of pyridine rings is 1. The zero-order valence-electron chi connectivity index (χ0n) is 20.9. The zero-order chi connectivity index (χ0) is 27.2. The van der Waals surface area contributed by atoms with Gasteiger partial charge in [0.2, 0.25) is 0 Å². The van der Waals surface area contributed by atoms with Crippen molar-refractivity contribution in [3.63, 3.8) is 0 Å². The number of nitrogens with one attached hydrogen (secondary N) is 2. The highest BCUT2D eigenvalue weighted by Gasteiger charge is 2.18. The minimum atomic E-state index is -4.00. The van der Waals surface area contributed by atoms with Gasteiger partial charge in [0.1, 0.15) is 0 Å². The van der Waals surface area contributed by atoms with Gasteiger partial charge < -0.3 is 15.0 Å². The molecule has 0 bridgehead atoms. The first-order valence-electron chi connectivity index (χ1n) is 12.3. The molecule has 39 heavy (non-hydrogen) atoms. The van der Waals surface area contributed by atoms with Crippen molar-refractivity contribution >= 4 is 50.2 Å². The van der Waals surface area contributed by atoms with Crippen molar-refractivity contribution in [1.29, 1.82) is 0 Å². The highest BCUT2D eigenvalue weighted by Crippen LogP contribution is 2.28. The predicted molar refractivity (Wildman–Crippen MR) is 150 cm³/mol. The van der Waals surface area contributed by atoms with E-state index in [2.05, 4.69) is 10.2 Å². The van der Waals surface area contributed by atoms with Crippen molar-refractivity contribution in [2.45, 2.75) is 4.90 Å². The fraction of sp³-hybridized carbons (Fsp3) is 0.138. The molecule has 198 valence electrons. The molecule has 1 aromatic heterocycles. The second kappa shape index (κ2) is 11.5. The summed E-state index contributed by atoms with van der Waals surface area (Å²) in [5.41, 5.74) is 3.31. The lowest BCUT2D eigenvalue weighted by molar-refractivity contribution is 0.104. The number of benzene rings is 3. The number of anilines is 2. The highest BCUT2D eigenvalue weighted by molar-refractivity contribution is 7.90. The summed E-state index contributed by atoms with van der Waals surface area (Å²) in [6.45, 7) is 2.89. The highest BCUT2D eigenvalue weighted by atomic mass is 32.2. The molecule has 9 nitrogen and oxygen atoms in total. The van der Waals surface area contributed by atoms with Crippen LogP contribution in [0.3, 0.4) is 0 Å². The monoisotopic (exact) mass is 542 g/mol. The van der Waals surface area contributed by atoms with Gasteiger partial charge in [-0.1, -0.05) is 36.4 Å². The molecule has 0 aliphatic carbocycles. The molecule has 0 radical (unpaired) electrons. The van der Waals surface area contributed by atoms with Gasteiger partial charge in [0, 0.05) is 35.4 Å². The van der Waals surface area contributed by atoms with E-state index in [9.17, 15) is 18.0 Å². The minimum Gasteiger partial charge on any atom is -0.378 e. The Kier molecular flexibility index (Phi) is 7.67. The largest absolute Gasteiger partial charge is 0.378 e. The van der Waals surface area contributed by atoms with Crippen molar-refractivity contribution in [3.05, 3.63) is 102 Å². The topological polar surface area (TPSA) is 118 Å². The van der Waals surface area contributed by atoms with Crippen LogP contribution in [0.1, 0.15) is 16.1 Å². The van der Waals surface area contributed by atoms with Gasteiger partial charge in [0.25, 0.3) is 10.0 Å². The molecule has 0 atom stereocenters. The number of rotatable bonds is 7. The standard InChI is InChI=1S/C29H26N4O5S/c34-28(15-14-23-20-27(33-16-18-38-19-17-33)25-8-4-5-9-26(25)30-23)21-10-12-22(13-11-21)31-29(35)32-39(36,37)24-6-2-1-3-7-24/h1-15,20H,16-19H2,(H2,31,32,35)/b15-14+. The summed E-state index contributed by atoms with van der Waals surface area (Å²) in [4.78, 5) is 32.0. The number of ketones is 1. The van der Waals surface area contributed by atoms with Gasteiger partial charge in [-0.15, -0.1) is 0 Å². The van der Waals surface area contributed by atoms with E-state index in [0.29, 0.717) is 30.2 Å². The van der Waals surface area contributed by atoms with E-state index in [4.69, 9.17) is 9.72 Å². The number of para-hydroxylation sites is 1. The molecule has 5 rings (SSSR count). The normalized spacial score (nSPS) is 13.9. The molecule has 0 saturated carbocycles. The number of carbonyl (C=O) groups excluding carboxylic acids is 2. The first-order valence-corrected chi connectivity index (χ1v) is 13.8. The molecule has 2 amide bonds. The number of morpholine rings is 1. The Morgan fingerprint density at radius 1 is 0.897 bits per heavy atom. The maximum absolute atomic E-state index is 12.8. The van der Waals surface area contributed by atoms with E-state index < -0.39 is 16.1 Å². The van der Waals surface area contributed by atoms with E-state index in [-0.39, 0.29) is 10.7 Å². The molecule has 1 aliphatic heterocycles. The van der Waals surface area contributed by atoms with Crippen molar-refractivity contribution in [2.24, 2.45) is 0 Å². The van der Waals surface area contributed by atoms with E-state index in [0.717, 1.165) is 29.7 Å². The molecule has 4 aromatic rings. The number of urea groups is 1. The Bertz CT molecular complexity index is 1630. The van der Waals surface area contributed by atoms with Gasteiger partial charge in [0.05, 0.1) is 29.3 Å². The van der Waals surface area contributed by atoms with Crippen molar-refractivity contribution < 1.29 is 22.7 Å². The summed E-state index contributed by atoms with van der Waals surface area (Å²) in [5.74, 6) is -0.236. The van der Waals surface area contributed by atoms with Gasteiger partial charge in [0.15, 0.2) is 5.78 Å². The zero-order valence-corrected chi connectivity index (χ0v) is 21.7. The van der Waals surface area contributed by atoms with Crippen LogP contribution in [0.15, 0.2) is 95.9 Å². The summed E-state index contributed by atoms with van der Waals surface area (Å²) in [6, 6.07) is 22.7. The lowest BCUT2D eigenvalue weighted by Gasteiger charge is -2.30. The Morgan fingerprint density at radius 3 is 2.33 bits per heavy atom. The lowest BCUT2D eigenvalue weighted by atomic mass is 10.1. The summed E-state index contributed by atoms with van der Waals surface area (Å²) in [6.07, 6.45) is 3.15. The first-order chi connectivity index (χ1) is 18.9. The molecule has 3 aromatic carbocycles. The average molecular weight is 543 g/mol. The first kappa shape index (κ1) is 26.1. The van der Waals surface area contributed by atoms with Crippen LogP contribution < -0.4 is 14.9 Å². The fourth-order valence-corrected chi connectivity index (χ4v) is 5.17. The van der Waals surface area contributed by atoms with Gasteiger partial charge in [-0.3, -0.25) is 4.79 Å². The number of carbonyl (C=O) groups is 2. The molecule has 1 saturated heterocycles. The number of amides is 2. The molecule has 2 heterocycles. The molecular formula is C29H26N4O5S. The van der Waals surface area contributed by atoms with Crippen molar-refractivity contribution in [1.82, 2.24) is 9.71 Å². The van der Waals surface area contributed by atoms with Crippen LogP contribution in [0.2, 0.25) is 0 Å². The van der Waals surface area contributed by atoms with Crippen LogP contribution in [0.4, 0.5) is 16.2 Å². The third-order valence-electron chi connectivity index (χ3n) is 6.18. The van der Waals surface area contributed by atoms with Gasteiger partial charge >= 0.3 is 6.03 Å². The number of hydrogen-bond acceptors (Lipinski definition) is 7. The van der Waals surface area contributed by atoms with E-state index in [1.165, 1.54) is 30.3 Å². The van der Waals surface area contributed by atoms with Crippen molar-refractivity contribution in [3.8, 4) is 0 Å². The quantitative estimate of drug-likeness (QED) is 0.261. The van der Waals surface area contributed by atoms with Crippen LogP contribution in [0, 0.1) is 0 Å². The summed E-state index contributed by atoms with van der Waals surface area (Å²) >= 11 is 0. The Morgan fingerprint density at radius 2 is 1.59 bits per heavy atom. The van der Waals surface area contributed by atoms with E-state index >= 15 is 0 Å². The molecule has 2 N–H and O–H groups in total. The summed E-state index contributed by atoms with van der Waals surface area (Å²) in [5, 5.41) is 3.51. The number of sulfonamides is 1. The van der Waals surface area contributed by atoms with Crippen LogP contribution in [0.5, 0.6) is 0 Å². The average Bonchev–Trinajstić information content (AvgIpc) is 2.96. The van der Waals surface area contributed by atoms with Gasteiger partial charge in [-0.2, -0.15) is 0 Å². The number of allylic oxidation sites excluding steroid dienone is 1. The van der Waals surface area contributed by atoms with Gasteiger partial charge in [-0.05, 0) is 60.7 Å². The predicted octanol–water partition coefficient (Wildman–Crippen LogP) is 4.48. The second-order valence-corrected chi connectivity index (χ2v) is 10.5. The van der Waals surface area contributed by atoms with Crippen LogP contribution in [-0.2, 0) is 14.8 Å². The summed E-state index contributed by atoms with van der Waals surface area (Å²) < 4.78 is 32.1. The molecule has 1 aliphatic rings. The third kappa shape index (κ3) is 6.31. The van der Waals surface area contributed by atoms with E-state index in [1.54, 1.807) is 36.4 Å². The number of ether oxygens (including phenoxy) is 1. The van der Waals surface area contributed by atoms with E-state index in [1.807, 2.05) is 35.1 Å². The van der Waals surface area contributed by atoms with Crippen LogP contribution in [0.25, 0.3) is 17.0 Å². The molecule has 10 heteroatoms. The Hall–Kier alpha value is -4.54. The number of hydrogen-bond donors (Lipinski definition) is 2. The molecule has 0 unspecified atom stereocenters. The number of aromatic nitrogens is 1. The van der Waals surface area contributed by atoms with Gasteiger partial charge in [-0.25, -0.2) is 22.9 Å². The molecular weight excluding hydrogens is 516 g/mol. The maximum Gasteiger partial charge on any atom is 0.333 e. The minimum absolute atomic E-state index is 0.0224. The SMILES string of the molecule is O=C(Nc1ccc(C(=O)/C=C/c2cc(N3CCOCC3)c3ccccc3n2)cc1)NS(=O)(=O)c1ccccc1. The van der Waals surface area contributed by atoms with Crippen LogP contribution >= 0.6 is 0 Å². The third-order valence-corrected chi connectivity index (χ3v) is 7.53. The van der Waals surface area contributed by atoms with Crippen LogP contribution in [-0.4, -0.2) is 51.5 Å². The Balaban J connectivity index is 1.26. The number of nitrogens with zero attached hydrogens (tertiary/aromatic N) is 2. The maximum atomic E-state index is 12.8. The Labute approximate surface area is 226 Å². The lowest BCUT2D eigenvalue weighted by Crippen LogP contribution is -2.36. The molecule has 0 spiro atoms. The fourth-order valence-electron chi connectivity index (χ4n) is 4.24. The smallest absolute Gasteiger partial charge is 0.333 e. The van der Waals surface area contributed by atoms with Crippen molar-refractivity contribution in [2.75, 3.05) is 36.5 Å². The second-order valence-electron chi connectivity index (χ2n) is 8.83.